The first kappa shape index (κ1) is 13.0. The average molecular weight is 223 g/mol. The van der Waals surface area contributed by atoms with Crippen LogP contribution in [0.15, 0.2) is 24.3 Å². The largest absolute Gasteiger partial charge is 0.496 e. The van der Waals surface area contributed by atoms with E-state index in [1.54, 1.807) is 7.11 Å². The van der Waals surface area contributed by atoms with Gasteiger partial charge in [-0.3, -0.25) is 0 Å². The smallest absolute Gasteiger partial charge is 0.123 e. The summed E-state index contributed by atoms with van der Waals surface area (Å²) in [6.07, 6.45) is 0. The number of hydrogen-bond donors (Lipinski definition) is 2. The highest BCUT2D eigenvalue weighted by molar-refractivity contribution is 5.35. The van der Waals surface area contributed by atoms with E-state index in [2.05, 4.69) is 18.3 Å². The number of methoxy groups -OCH3 is 1. The van der Waals surface area contributed by atoms with Crippen molar-refractivity contribution >= 4 is 0 Å². The molecule has 0 saturated heterocycles. The zero-order valence-electron chi connectivity index (χ0n) is 10.2. The molecule has 2 unspecified atom stereocenters. The van der Waals surface area contributed by atoms with Gasteiger partial charge in [-0.15, -0.1) is 0 Å². The van der Waals surface area contributed by atoms with Gasteiger partial charge in [0.1, 0.15) is 5.75 Å². The van der Waals surface area contributed by atoms with Crippen molar-refractivity contribution < 1.29 is 9.84 Å². The van der Waals surface area contributed by atoms with Crippen LogP contribution in [0.5, 0.6) is 5.75 Å². The van der Waals surface area contributed by atoms with Crippen molar-refractivity contribution in [3.8, 4) is 5.75 Å². The van der Waals surface area contributed by atoms with Crippen LogP contribution in [0.4, 0.5) is 0 Å². The Morgan fingerprint density at radius 1 is 1.31 bits per heavy atom. The highest BCUT2D eigenvalue weighted by atomic mass is 16.5. The SMILES string of the molecule is COc1ccccc1C(C)NCC(C)CO. The maximum Gasteiger partial charge on any atom is 0.123 e. The Kier molecular flexibility index (Phi) is 5.29. The molecule has 0 fully saturated rings. The molecule has 3 nitrogen and oxygen atoms in total. The van der Waals surface area contributed by atoms with Gasteiger partial charge in [-0.05, 0) is 18.9 Å². The van der Waals surface area contributed by atoms with E-state index in [0.29, 0.717) is 0 Å². The van der Waals surface area contributed by atoms with Crippen LogP contribution in [0, 0.1) is 5.92 Å². The van der Waals surface area contributed by atoms with Crippen LogP contribution in [0.2, 0.25) is 0 Å². The third-order valence-electron chi connectivity index (χ3n) is 2.69. The zero-order valence-corrected chi connectivity index (χ0v) is 10.2. The van der Waals surface area contributed by atoms with Crippen molar-refractivity contribution in [1.29, 1.82) is 0 Å². The molecule has 0 saturated carbocycles. The minimum absolute atomic E-state index is 0.214. The molecule has 1 rings (SSSR count). The minimum Gasteiger partial charge on any atom is -0.496 e. The lowest BCUT2D eigenvalue weighted by atomic mass is 10.1. The second-order valence-electron chi connectivity index (χ2n) is 4.16. The van der Waals surface area contributed by atoms with Crippen LogP contribution in [-0.2, 0) is 0 Å². The molecule has 1 aromatic rings. The summed E-state index contributed by atoms with van der Waals surface area (Å²) in [5.41, 5.74) is 1.15. The van der Waals surface area contributed by atoms with Gasteiger partial charge in [0.05, 0.1) is 7.11 Å². The van der Waals surface area contributed by atoms with E-state index in [0.717, 1.165) is 17.9 Å². The highest BCUT2D eigenvalue weighted by Gasteiger charge is 2.10. The molecule has 0 aliphatic heterocycles. The quantitative estimate of drug-likeness (QED) is 0.774. The lowest BCUT2D eigenvalue weighted by molar-refractivity contribution is 0.230. The van der Waals surface area contributed by atoms with Crippen LogP contribution < -0.4 is 10.1 Å². The Hall–Kier alpha value is -1.06. The molecular formula is C13H21NO2. The molecule has 90 valence electrons. The first-order chi connectivity index (χ1) is 7.69. The van der Waals surface area contributed by atoms with E-state index >= 15 is 0 Å². The number of hydrogen-bond acceptors (Lipinski definition) is 3. The van der Waals surface area contributed by atoms with Crippen molar-refractivity contribution in [3.05, 3.63) is 29.8 Å². The van der Waals surface area contributed by atoms with Crippen molar-refractivity contribution in [2.75, 3.05) is 20.3 Å². The Balaban J connectivity index is 2.61. The van der Waals surface area contributed by atoms with E-state index in [9.17, 15) is 0 Å². The molecular weight excluding hydrogens is 202 g/mol. The maximum absolute atomic E-state index is 8.95. The fraction of sp³-hybridized carbons (Fsp3) is 0.538. The van der Waals surface area contributed by atoms with Crippen molar-refractivity contribution in [2.45, 2.75) is 19.9 Å². The summed E-state index contributed by atoms with van der Waals surface area (Å²) < 4.78 is 5.31. The van der Waals surface area contributed by atoms with Gasteiger partial charge >= 0.3 is 0 Å². The van der Waals surface area contributed by atoms with Crippen LogP contribution in [0.25, 0.3) is 0 Å². The third kappa shape index (κ3) is 3.51. The maximum atomic E-state index is 8.95. The van der Waals surface area contributed by atoms with Crippen LogP contribution in [-0.4, -0.2) is 25.4 Å². The number of aliphatic hydroxyl groups is 1. The van der Waals surface area contributed by atoms with Crippen LogP contribution >= 0.6 is 0 Å². The monoisotopic (exact) mass is 223 g/mol. The molecule has 2 N–H and O–H groups in total. The normalized spacial score (nSPS) is 14.5. The first-order valence-electron chi connectivity index (χ1n) is 5.66. The summed E-state index contributed by atoms with van der Waals surface area (Å²) in [6, 6.07) is 8.21. The van der Waals surface area contributed by atoms with Crippen molar-refractivity contribution in [3.63, 3.8) is 0 Å². The number of aliphatic hydroxyl groups excluding tert-OH is 1. The van der Waals surface area contributed by atoms with Gasteiger partial charge in [-0.25, -0.2) is 0 Å². The van der Waals surface area contributed by atoms with Gasteiger partial charge in [0.25, 0.3) is 0 Å². The van der Waals surface area contributed by atoms with E-state index in [-0.39, 0.29) is 18.6 Å². The van der Waals surface area contributed by atoms with E-state index in [1.165, 1.54) is 0 Å². The summed E-state index contributed by atoms with van der Waals surface area (Å²) in [4.78, 5) is 0. The molecule has 0 heterocycles. The number of benzene rings is 1. The van der Waals surface area contributed by atoms with E-state index in [4.69, 9.17) is 9.84 Å². The summed E-state index contributed by atoms with van der Waals surface area (Å²) in [5, 5.41) is 12.3. The standard InChI is InChI=1S/C13H21NO2/c1-10(9-15)8-14-11(2)12-6-4-5-7-13(12)16-3/h4-7,10-11,14-15H,8-9H2,1-3H3. The zero-order chi connectivity index (χ0) is 12.0. The molecule has 0 spiro atoms. The summed E-state index contributed by atoms with van der Waals surface area (Å²) in [6.45, 7) is 5.13. The lowest BCUT2D eigenvalue weighted by Crippen LogP contribution is -2.26. The summed E-state index contributed by atoms with van der Waals surface area (Å²) in [7, 11) is 1.68. The Bertz CT molecular complexity index is 315. The number of para-hydroxylation sites is 1. The Labute approximate surface area is 97.4 Å². The van der Waals surface area contributed by atoms with E-state index in [1.807, 2.05) is 25.1 Å². The molecule has 0 amide bonds. The number of rotatable bonds is 6. The number of ether oxygens (including phenoxy) is 1. The van der Waals surface area contributed by atoms with Gasteiger partial charge in [0.2, 0.25) is 0 Å². The fourth-order valence-electron chi connectivity index (χ4n) is 1.58. The molecule has 16 heavy (non-hydrogen) atoms. The Morgan fingerprint density at radius 3 is 2.62 bits per heavy atom. The molecule has 1 aromatic carbocycles. The van der Waals surface area contributed by atoms with Crippen molar-refractivity contribution in [1.82, 2.24) is 5.32 Å². The molecule has 0 bridgehead atoms. The van der Waals surface area contributed by atoms with Gasteiger partial charge in [-0.2, -0.15) is 0 Å². The highest BCUT2D eigenvalue weighted by Crippen LogP contribution is 2.24. The second-order valence-corrected chi connectivity index (χ2v) is 4.16. The summed E-state index contributed by atoms with van der Waals surface area (Å²) >= 11 is 0. The van der Waals surface area contributed by atoms with E-state index < -0.39 is 0 Å². The van der Waals surface area contributed by atoms with Crippen molar-refractivity contribution in [2.24, 2.45) is 5.92 Å². The van der Waals surface area contributed by atoms with Gasteiger partial charge in [0, 0.05) is 24.8 Å². The second kappa shape index (κ2) is 6.51. The third-order valence-corrected chi connectivity index (χ3v) is 2.69. The number of nitrogens with one attached hydrogen (secondary N) is 1. The molecule has 0 aliphatic carbocycles. The lowest BCUT2D eigenvalue weighted by Gasteiger charge is -2.19. The predicted octanol–water partition coefficient (Wildman–Crippen LogP) is 1.97. The molecule has 2 atom stereocenters. The van der Waals surface area contributed by atoms with Gasteiger partial charge in [-0.1, -0.05) is 25.1 Å². The van der Waals surface area contributed by atoms with Crippen LogP contribution in [0.1, 0.15) is 25.5 Å². The van der Waals surface area contributed by atoms with Gasteiger partial charge < -0.3 is 15.2 Å². The summed E-state index contributed by atoms with van der Waals surface area (Å²) in [5.74, 6) is 1.18. The molecule has 3 heteroatoms. The average Bonchev–Trinajstić information content (AvgIpc) is 2.35. The molecule has 0 aliphatic rings. The predicted molar refractivity (Wildman–Crippen MR) is 65.7 cm³/mol. The molecule has 0 aromatic heterocycles. The fourth-order valence-corrected chi connectivity index (χ4v) is 1.58. The topological polar surface area (TPSA) is 41.5 Å². The van der Waals surface area contributed by atoms with Crippen LogP contribution in [0.3, 0.4) is 0 Å². The molecule has 0 radical (unpaired) electrons. The minimum atomic E-state index is 0.214. The first-order valence-corrected chi connectivity index (χ1v) is 5.66. The Morgan fingerprint density at radius 2 is 2.00 bits per heavy atom. The van der Waals surface area contributed by atoms with Gasteiger partial charge in [0.15, 0.2) is 0 Å².